The lowest BCUT2D eigenvalue weighted by molar-refractivity contribution is 0.367. The fourth-order valence-corrected chi connectivity index (χ4v) is 2.48. The lowest BCUT2D eigenvalue weighted by Gasteiger charge is -2.31. The van der Waals surface area contributed by atoms with E-state index in [1.807, 2.05) is 18.2 Å². The van der Waals surface area contributed by atoms with Crippen LogP contribution in [0.5, 0.6) is 0 Å². The zero-order valence-electron chi connectivity index (χ0n) is 9.91. The Hall–Kier alpha value is -0.560. The molecule has 0 fully saturated rings. The molecule has 16 heavy (non-hydrogen) atoms. The van der Waals surface area contributed by atoms with Gasteiger partial charge in [0.05, 0.1) is 11.5 Å². The zero-order valence-corrected chi connectivity index (χ0v) is 12.1. The second kappa shape index (κ2) is 6.24. The molecule has 1 unspecified atom stereocenters. The first-order valence-corrected chi connectivity index (χ1v) is 7.22. The molecule has 86 valence electrons. The van der Waals surface area contributed by atoms with Gasteiger partial charge >= 0.3 is 0 Å². The lowest BCUT2D eigenvalue weighted by Crippen LogP contribution is -2.30. The maximum atomic E-state index is 9.57. The summed E-state index contributed by atoms with van der Waals surface area (Å²) in [6.45, 7) is 4.28. The Morgan fingerprint density at radius 1 is 1.31 bits per heavy atom. The van der Waals surface area contributed by atoms with Crippen molar-refractivity contribution in [1.29, 1.82) is 5.26 Å². The zero-order chi connectivity index (χ0) is 12.0. The smallest absolute Gasteiger partial charge is 0.0845 e. The first kappa shape index (κ1) is 13.5. The van der Waals surface area contributed by atoms with E-state index in [1.165, 1.54) is 0 Å². The van der Waals surface area contributed by atoms with Crippen LogP contribution in [0.1, 0.15) is 32.3 Å². The van der Waals surface area contributed by atoms with Crippen molar-refractivity contribution in [2.45, 2.75) is 32.1 Å². The average Bonchev–Trinajstić information content (AvgIpc) is 2.31. The number of halogens is 1. The van der Waals surface area contributed by atoms with E-state index in [-0.39, 0.29) is 5.41 Å². The van der Waals surface area contributed by atoms with E-state index in [0.717, 1.165) is 22.8 Å². The van der Waals surface area contributed by atoms with Gasteiger partial charge in [-0.25, -0.2) is 0 Å². The summed E-state index contributed by atoms with van der Waals surface area (Å²) in [5, 5.41) is 9.57. The van der Waals surface area contributed by atoms with Crippen LogP contribution in [0.3, 0.4) is 0 Å². The van der Waals surface area contributed by atoms with Crippen molar-refractivity contribution in [3.63, 3.8) is 0 Å². The van der Waals surface area contributed by atoms with Crippen molar-refractivity contribution in [3.8, 4) is 6.07 Å². The summed E-state index contributed by atoms with van der Waals surface area (Å²) >= 11 is 2.38. The minimum atomic E-state index is -0.313. The summed E-state index contributed by atoms with van der Waals surface area (Å²) in [6.07, 6.45) is 2.05. The molecule has 0 N–H and O–H groups in total. The molecule has 1 nitrogen and oxygen atoms in total. The van der Waals surface area contributed by atoms with Gasteiger partial charge in [0, 0.05) is 0 Å². The molecule has 1 rings (SSSR count). The number of benzene rings is 1. The predicted octanol–water partition coefficient (Wildman–Crippen LogP) is 4.32. The molecule has 0 heterocycles. The normalized spacial score (nSPS) is 14.4. The van der Waals surface area contributed by atoms with E-state index in [1.54, 1.807) is 0 Å². The summed E-state index contributed by atoms with van der Waals surface area (Å²) in [5.41, 5.74) is 0.851. The van der Waals surface area contributed by atoms with Crippen molar-refractivity contribution < 1.29 is 0 Å². The van der Waals surface area contributed by atoms with Gasteiger partial charge in [0.2, 0.25) is 0 Å². The van der Waals surface area contributed by atoms with Gasteiger partial charge in [0.25, 0.3) is 0 Å². The van der Waals surface area contributed by atoms with Gasteiger partial charge in [-0.1, -0.05) is 66.8 Å². The van der Waals surface area contributed by atoms with E-state index >= 15 is 0 Å². The van der Waals surface area contributed by atoms with E-state index in [9.17, 15) is 5.26 Å². The fraction of sp³-hybridized carbons (Fsp3) is 0.500. The first-order valence-electron chi connectivity index (χ1n) is 5.70. The topological polar surface area (TPSA) is 23.8 Å². The second-order valence-electron chi connectivity index (χ2n) is 4.40. The van der Waals surface area contributed by atoms with Crippen molar-refractivity contribution in [2.75, 3.05) is 4.43 Å². The molecule has 1 aromatic carbocycles. The molecule has 0 bridgehead atoms. The van der Waals surface area contributed by atoms with Crippen LogP contribution in [0.25, 0.3) is 0 Å². The van der Waals surface area contributed by atoms with E-state index < -0.39 is 0 Å². The van der Waals surface area contributed by atoms with Crippen LogP contribution < -0.4 is 0 Å². The highest BCUT2D eigenvalue weighted by Gasteiger charge is 2.34. The molecular formula is C14H18IN. The Bertz CT molecular complexity index is 353. The van der Waals surface area contributed by atoms with Gasteiger partial charge in [-0.15, -0.1) is 0 Å². The maximum Gasteiger partial charge on any atom is 0.0845 e. The number of hydrogen-bond donors (Lipinski definition) is 0. The first-order chi connectivity index (χ1) is 7.67. The second-order valence-corrected chi connectivity index (χ2v) is 5.48. The highest BCUT2D eigenvalue weighted by Crippen LogP contribution is 2.36. The van der Waals surface area contributed by atoms with E-state index in [2.05, 4.69) is 54.6 Å². The molecule has 0 aromatic heterocycles. The molecule has 0 amide bonds. The van der Waals surface area contributed by atoms with Crippen LogP contribution in [0, 0.1) is 17.2 Å². The third-order valence-electron chi connectivity index (χ3n) is 3.18. The van der Waals surface area contributed by atoms with Gasteiger partial charge in [-0.2, -0.15) is 5.26 Å². The third kappa shape index (κ3) is 2.76. The highest BCUT2D eigenvalue weighted by atomic mass is 127. The highest BCUT2D eigenvalue weighted by molar-refractivity contribution is 14.1. The molecule has 0 saturated carbocycles. The number of nitriles is 1. The van der Waals surface area contributed by atoms with Gasteiger partial charge in [-0.05, 0) is 28.8 Å². The van der Waals surface area contributed by atoms with Crippen molar-refractivity contribution in [1.82, 2.24) is 0 Å². The van der Waals surface area contributed by atoms with Gasteiger partial charge in [0.15, 0.2) is 0 Å². The molecule has 0 aliphatic rings. The Morgan fingerprint density at radius 2 is 1.94 bits per heavy atom. The molecule has 1 aromatic rings. The van der Waals surface area contributed by atoms with Crippen LogP contribution in [-0.4, -0.2) is 4.43 Å². The van der Waals surface area contributed by atoms with Crippen LogP contribution in [0.15, 0.2) is 30.3 Å². The van der Waals surface area contributed by atoms with E-state index in [0.29, 0.717) is 5.92 Å². The van der Waals surface area contributed by atoms with Crippen LogP contribution >= 0.6 is 22.6 Å². The van der Waals surface area contributed by atoms with Gasteiger partial charge in [-0.3, -0.25) is 0 Å². The summed E-state index contributed by atoms with van der Waals surface area (Å²) in [7, 11) is 0. The van der Waals surface area contributed by atoms with Gasteiger partial charge in [0.1, 0.15) is 0 Å². The van der Waals surface area contributed by atoms with Crippen molar-refractivity contribution >= 4 is 22.6 Å². The Kier molecular flexibility index (Phi) is 5.27. The number of rotatable bonds is 5. The van der Waals surface area contributed by atoms with Crippen molar-refractivity contribution in [2.24, 2.45) is 5.92 Å². The van der Waals surface area contributed by atoms with Gasteiger partial charge < -0.3 is 0 Å². The minimum absolute atomic E-state index is 0.313. The summed E-state index contributed by atoms with van der Waals surface area (Å²) in [5.74, 6) is 0.350. The molecule has 0 aliphatic carbocycles. The largest absolute Gasteiger partial charge is 0.197 e. The quantitative estimate of drug-likeness (QED) is 0.584. The Labute approximate surface area is 112 Å². The number of alkyl halides is 1. The minimum Gasteiger partial charge on any atom is -0.197 e. The van der Waals surface area contributed by atoms with Crippen LogP contribution in [0.4, 0.5) is 0 Å². The van der Waals surface area contributed by atoms with Crippen molar-refractivity contribution in [3.05, 3.63) is 35.9 Å². The van der Waals surface area contributed by atoms with E-state index in [4.69, 9.17) is 0 Å². The molecule has 1 atom stereocenters. The lowest BCUT2D eigenvalue weighted by atomic mass is 9.70. The molecule has 2 heteroatoms. The molecule has 0 aliphatic heterocycles. The molecule has 0 radical (unpaired) electrons. The average molecular weight is 327 g/mol. The fourth-order valence-electron chi connectivity index (χ4n) is 2.10. The molecule has 0 spiro atoms. The Morgan fingerprint density at radius 3 is 2.38 bits per heavy atom. The predicted molar refractivity (Wildman–Crippen MR) is 76.7 cm³/mol. The monoisotopic (exact) mass is 327 g/mol. The van der Waals surface area contributed by atoms with Crippen LogP contribution in [-0.2, 0) is 5.41 Å². The molecule has 0 saturated heterocycles. The standard InChI is InChI=1S/C14H18IN/c1-12(2)14(11-16,9-6-10-15)13-7-4-3-5-8-13/h3-5,7-8,12H,6,9-10H2,1-2H3. The SMILES string of the molecule is CC(C)C(C#N)(CCCI)c1ccccc1. The number of hydrogen-bond acceptors (Lipinski definition) is 1. The summed E-state index contributed by atoms with van der Waals surface area (Å²) in [4.78, 5) is 0. The summed E-state index contributed by atoms with van der Waals surface area (Å²) in [6, 6.07) is 12.8. The third-order valence-corrected chi connectivity index (χ3v) is 3.94. The maximum absolute atomic E-state index is 9.57. The number of nitrogens with zero attached hydrogens (tertiary/aromatic N) is 1. The Balaban J connectivity index is 3.09. The summed E-state index contributed by atoms with van der Waals surface area (Å²) < 4.78 is 1.11. The molecular weight excluding hydrogens is 309 g/mol. The van der Waals surface area contributed by atoms with Crippen LogP contribution in [0.2, 0.25) is 0 Å².